The van der Waals surface area contributed by atoms with Crippen LogP contribution in [-0.2, 0) is 30.6 Å². The zero-order chi connectivity index (χ0) is 15.2. The van der Waals surface area contributed by atoms with E-state index in [1.54, 1.807) is 12.1 Å². The van der Waals surface area contributed by atoms with Crippen molar-refractivity contribution in [3.8, 4) is 0 Å². The summed E-state index contributed by atoms with van der Waals surface area (Å²) in [4.78, 5) is 50.1. The van der Waals surface area contributed by atoms with Gasteiger partial charge in [-0.25, -0.2) is 4.79 Å². The quantitative estimate of drug-likeness (QED) is 0.755. The Morgan fingerprint density at radius 3 is 2.57 bits per heavy atom. The largest absolute Gasteiger partial charge is 0.467 e. The fourth-order valence-corrected chi connectivity index (χ4v) is 1.71. The molecule has 1 aromatic heterocycles. The lowest BCUT2D eigenvalue weighted by atomic mass is 10.3. The zero-order valence-electron chi connectivity index (χ0n) is 11.2. The van der Waals surface area contributed by atoms with Crippen molar-refractivity contribution in [1.29, 1.82) is 0 Å². The van der Waals surface area contributed by atoms with Gasteiger partial charge >= 0.3 is 5.97 Å². The van der Waals surface area contributed by atoms with Gasteiger partial charge in [0.25, 0.3) is 11.8 Å². The van der Waals surface area contributed by atoms with E-state index in [0.717, 1.165) is 0 Å². The smallest absolute Gasteiger partial charge is 0.333 e. The first-order valence-electron chi connectivity index (χ1n) is 6.42. The van der Waals surface area contributed by atoms with Crippen molar-refractivity contribution in [3.05, 3.63) is 24.2 Å². The van der Waals surface area contributed by atoms with E-state index in [-0.39, 0.29) is 38.1 Å². The van der Waals surface area contributed by atoms with Crippen LogP contribution in [0.2, 0.25) is 0 Å². The SMILES string of the molecule is O=C(CCC(=O)ON1C(=O)CCC1=O)NCc1ccco1. The van der Waals surface area contributed by atoms with Crippen LogP contribution in [-0.4, -0.2) is 28.8 Å². The summed E-state index contributed by atoms with van der Waals surface area (Å²) < 4.78 is 5.03. The number of imide groups is 1. The number of hydroxylamine groups is 2. The summed E-state index contributed by atoms with van der Waals surface area (Å²) >= 11 is 0. The van der Waals surface area contributed by atoms with Gasteiger partial charge in [0, 0.05) is 19.3 Å². The summed E-state index contributed by atoms with van der Waals surface area (Å²) in [7, 11) is 0. The molecule has 2 heterocycles. The van der Waals surface area contributed by atoms with Crippen LogP contribution >= 0.6 is 0 Å². The Kier molecular flexibility index (Phi) is 4.70. The Labute approximate surface area is 120 Å². The van der Waals surface area contributed by atoms with E-state index in [1.165, 1.54) is 6.26 Å². The van der Waals surface area contributed by atoms with Crippen molar-refractivity contribution in [3.63, 3.8) is 0 Å². The molecule has 0 saturated carbocycles. The van der Waals surface area contributed by atoms with E-state index in [1.807, 2.05) is 0 Å². The van der Waals surface area contributed by atoms with Crippen molar-refractivity contribution in [2.24, 2.45) is 0 Å². The van der Waals surface area contributed by atoms with Gasteiger partial charge in [0.05, 0.1) is 19.2 Å². The van der Waals surface area contributed by atoms with E-state index < -0.39 is 17.8 Å². The van der Waals surface area contributed by atoms with Crippen molar-refractivity contribution >= 4 is 23.7 Å². The molecular formula is C13H14N2O6. The van der Waals surface area contributed by atoms with Crippen molar-refractivity contribution < 1.29 is 28.4 Å². The van der Waals surface area contributed by atoms with Gasteiger partial charge in [-0.3, -0.25) is 14.4 Å². The van der Waals surface area contributed by atoms with E-state index >= 15 is 0 Å². The minimum atomic E-state index is -0.799. The van der Waals surface area contributed by atoms with Gasteiger partial charge in [0.15, 0.2) is 0 Å². The molecule has 8 nitrogen and oxygen atoms in total. The topological polar surface area (TPSA) is 106 Å². The number of carbonyl (C=O) groups excluding carboxylic acids is 4. The van der Waals surface area contributed by atoms with E-state index in [2.05, 4.69) is 10.2 Å². The van der Waals surface area contributed by atoms with E-state index in [9.17, 15) is 19.2 Å². The Morgan fingerprint density at radius 2 is 1.95 bits per heavy atom. The predicted octanol–water partition coefficient (Wildman–Crippen LogP) is 0.283. The molecule has 8 heteroatoms. The number of furan rings is 1. The first-order chi connectivity index (χ1) is 10.1. The lowest BCUT2D eigenvalue weighted by molar-refractivity contribution is -0.197. The molecule has 0 unspecified atom stereocenters. The minimum absolute atomic E-state index is 0.0374. The van der Waals surface area contributed by atoms with Gasteiger partial charge < -0.3 is 14.6 Å². The molecule has 112 valence electrons. The second-order valence-electron chi connectivity index (χ2n) is 4.40. The standard InChI is InChI=1S/C13H14N2O6/c16-10(14-8-9-2-1-7-20-9)3-6-13(19)21-15-11(17)4-5-12(15)18/h1-2,7H,3-6,8H2,(H,14,16). The molecule has 1 fully saturated rings. The van der Waals surface area contributed by atoms with Gasteiger partial charge in [0.1, 0.15) is 5.76 Å². The lowest BCUT2D eigenvalue weighted by Crippen LogP contribution is -2.32. The van der Waals surface area contributed by atoms with E-state index in [4.69, 9.17) is 4.42 Å². The molecule has 0 aliphatic carbocycles. The first kappa shape index (κ1) is 14.8. The van der Waals surface area contributed by atoms with Crippen LogP contribution in [0, 0.1) is 0 Å². The number of carbonyl (C=O) groups is 4. The molecule has 1 aliphatic heterocycles. The van der Waals surface area contributed by atoms with Gasteiger partial charge in [-0.2, -0.15) is 0 Å². The second kappa shape index (κ2) is 6.69. The molecule has 0 aromatic carbocycles. The lowest BCUT2D eigenvalue weighted by Gasteiger charge is -2.12. The van der Waals surface area contributed by atoms with Crippen LogP contribution in [0.15, 0.2) is 22.8 Å². The van der Waals surface area contributed by atoms with Gasteiger partial charge in [0.2, 0.25) is 5.91 Å². The molecule has 21 heavy (non-hydrogen) atoms. The first-order valence-corrected chi connectivity index (χ1v) is 6.42. The summed E-state index contributed by atoms with van der Waals surface area (Å²) in [6.07, 6.45) is 1.24. The molecular weight excluding hydrogens is 280 g/mol. The Hall–Kier alpha value is -2.64. The van der Waals surface area contributed by atoms with Crippen LogP contribution < -0.4 is 5.32 Å². The maximum atomic E-state index is 11.5. The third-order valence-corrected chi connectivity index (χ3v) is 2.79. The number of amides is 3. The van der Waals surface area contributed by atoms with Crippen molar-refractivity contribution in [2.45, 2.75) is 32.2 Å². The molecule has 1 aliphatic rings. The van der Waals surface area contributed by atoms with Gasteiger partial charge in [-0.1, -0.05) is 0 Å². The number of hydrogen-bond donors (Lipinski definition) is 1. The van der Waals surface area contributed by atoms with Gasteiger partial charge in [-0.05, 0) is 12.1 Å². The fraction of sp³-hybridized carbons (Fsp3) is 0.385. The van der Waals surface area contributed by atoms with Gasteiger partial charge in [-0.15, -0.1) is 5.06 Å². The zero-order valence-corrected chi connectivity index (χ0v) is 11.2. The average molecular weight is 294 g/mol. The molecule has 2 rings (SSSR count). The average Bonchev–Trinajstić information content (AvgIpc) is 3.08. The molecule has 3 amide bonds. The predicted molar refractivity (Wildman–Crippen MR) is 67.0 cm³/mol. The number of nitrogens with one attached hydrogen (secondary N) is 1. The summed E-state index contributed by atoms with van der Waals surface area (Å²) in [5, 5.41) is 3.03. The summed E-state index contributed by atoms with van der Waals surface area (Å²) in [5.41, 5.74) is 0. The molecule has 1 aromatic rings. The van der Waals surface area contributed by atoms with E-state index in [0.29, 0.717) is 10.8 Å². The highest BCUT2D eigenvalue weighted by molar-refractivity contribution is 6.01. The maximum absolute atomic E-state index is 11.5. The monoisotopic (exact) mass is 294 g/mol. The normalized spacial score (nSPS) is 14.4. The number of nitrogens with zero attached hydrogens (tertiary/aromatic N) is 1. The van der Waals surface area contributed by atoms with Crippen LogP contribution in [0.1, 0.15) is 31.4 Å². The summed E-state index contributed by atoms with van der Waals surface area (Å²) in [5.74, 6) is -1.65. The molecule has 0 spiro atoms. The molecule has 0 bridgehead atoms. The maximum Gasteiger partial charge on any atom is 0.333 e. The minimum Gasteiger partial charge on any atom is -0.467 e. The third-order valence-electron chi connectivity index (χ3n) is 2.79. The van der Waals surface area contributed by atoms with Crippen LogP contribution in [0.25, 0.3) is 0 Å². The third kappa shape index (κ3) is 4.16. The Morgan fingerprint density at radius 1 is 1.24 bits per heavy atom. The van der Waals surface area contributed by atoms with Crippen LogP contribution in [0.5, 0.6) is 0 Å². The molecule has 0 radical (unpaired) electrons. The molecule has 1 saturated heterocycles. The fourth-order valence-electron chi connectivity index (χ4n) is 1.71. The molecule has 1 N–H and O–H groups in total. The van der Waals surface area contributed by atoms with Crippen LogP contribution in [0.4, 0.5) is 0 Å². The number of rotatable bonds is 6. The van der Waals surface area contributed by atoms with Crippen molar-refractivity contribution in [2.75, 3.05) is 0 Å². The Bertz CT molecular complexity index is 535. The molecule has 0 atom stereocenters. The summed E-state index contributed by atoms with van der Waals surface area (Å²) in [6, 6.07) is 3.40. The highest BCUT2D eigenvalue weighted by Crippen LogP contribution is 2.12. The highest BCUT2D eigenvalue weighted by Gasteiger charge is 2.32. The van der Waals surface area contributed by atoms with Crippen LogP contribution in [0.3, 0.4) is 0 Å². The Balaban J connectivity index is 1.67. The highest BCUT2D eigenvalue weighted by atomic mass is 16.7. The second-order valence-corrected chi connectivity index (χ2v) is 4.40. The van der Waals surface area contributed by atoms with Crippen molar-refractivity contribution in [1.82, 2.24) is 10.4 Å². The summed E-state index contributed by atoms with van der Waals surface area (Å²) in [6.45, 7) is 0.226. The number of hydrogen-bond acceptors (Lipinski definition) is 6.